The number of halogens is 4. The molecule has 0 aliphatic carbocycles. The minimum absolute atomic E-state index is 0.189. The number of hydrogen-bond acceptors (Lipinski definition) is 2. The van der Waals surface area contributed by atoms with Crippen LogP contribution in [-0.2, 0) is 17.4 Å². The second-order valence-electron chi connectivity index (χ2n) is 6.88. The molecule has 0 bridgehead atoms. The summed E-state index contributed by atoms with van der Waals surface area (Å²) in [6.07, 6.45) is -4.28. The van der Waals surface area contributed by atoms with Crippen LogP contribution in [0.4, 0.5) is 29.3 Å². The Morgan fingerprint density at radius 2 is 1.47 bits per heavy atom. The number of urea groups is 1. The summed E-state index contributed by atoms with van der Waals surface area (Å²) < 4.78 is 38.9. The maximum Gasteiger partial charge on any atom is 0.416 e. The summed E-state index contributed by atoms with van der Waals surface area (Å²) in [6, 6.07) is 18.6. The Hall–Kier alpha value is -3.33. The van der Waals surface area contributed by atoms with Crippen LogP contribution in [-0.4, -0.2) is 18.0 Å². The number of alkyl halides is 3. The standard InChI is InChI=1S/C23H19BrF3N3O2/c24-18-8-4-5-9-19(18)29-22(32)30-20(14-15-6-2-1-3-7-15)21(31)28-17-12-10-16(11-13-17)23(25,26)27/h1-13,20H,14H2,(H,28,31)(H2,29,30,32). The fraction of sp³-hybridized carbons (Fsp3) is 0.130. The SMILES string of the molecule is O=C(Nc1ccccc1Br)NC(Cc1ccccc1)C(=O)Nc1ccc(C(F)(F)F)cc1. The molecule has 1 atom stereocenters. The van der Waals surface area contributed by atoms with Crippen LogP contribution < -0.4 is 16.0 Å². The minimum Gasteiger partial charge on any atom is -0.326 e. The maximum absolute atomic E-state index is 12.9. The van der Waals surface area contributed by atoms with Gasteiger partial charge in [-0.15, -0.1) is 0 Å². The predicted octanol–water partition coefficient (Wildman–Crippen LogP) is 5.84. The number of nitrogens with one attached hydrogen (secondary N) is 3. The summed E-state index contributed by atoms with van der Waals surface area (Å²) in [5.41, 5.74) is 0.698. The first-order valence-corrected chi connectivity index (χ1v) is 10.4. The van der Waals surface area contributed by atoms with Gasteiger partial charge in [-0.3, -0.25) is 4.79 Å². The van der Waals surface area contributed by atoms with Gasteiger partial charge < -0.3 is 16.0 Å². The Kier molecular flexibility index (Phi) is 7.53. The largest absolute Gasteiger partial charge is 0.416 e. The maximum atomic E-state index is 12.9. The molecule has 166 valence electrons. The zero-order chi connectivity index (χ0) is 23.1. The zero-order valence-electron chi connectivity index (χ0n) is 16.6. The van der Waals surface area contributed by atoms with E-state index in [9.17, 15) is 22.8 Å². The zero-order valence-corrected chi connectivity index (χ0v) is 18.2. The van der Waals surface area contributed by atoms with E-state index in [1.165, 1.54) is 12.1 Å². The Morgan fingerprint density at radius 1 is 0.844 bits per heavy atom. The van der Waals surface area contributed by atoms with Gasteiger partial charge in [-0.1, -0.05) is 42.5 Å². The molecule has 1 unspecified atom stereocenters. The Bertz CT molecular complexity index is 1070. The van der Waals surface area contributed by atoms with Crippen molar-refractivity contribution < 1.29 is 22.8 Å². The molecule has 3 aromatic carbocycles. The van der Waals surface area contributed by atoms with Crippen molar-refractivity contribution in [1.29, 1.82) is 0 Å². The Morgan fingerprint density at radius 3 is 2.09 bits per heavy atom. The van der Waals surface area contributed by atoms with Crippen molar-refractivity contribution in [3.8, 4) is 0 Å². The molecule has 5 nitrogen and oxygen atoms in total. The van der Waals surface area contributed by atoms with E-state index >= 15 is 0 Å². The van der Waals surface area contributed by atoms with Crippen LogP contribution in [0.2, 0.25) is 0 Å². The second kappa shape index (κ2) is 10.3. The van der Waals surface area contributed by atoms with Crippen LogP contribution in [0, 0.1) is 0 Å². The molecule has 0 aliphatic heterocycles. The third-order valence-electron chi connectivity index (χ3n) is 4.51. The van der Waals surface area contributed by atoms with Crippen molar-refractivity contribution in [2.45, 2.75) is 18.6 Å². The first-order chi connectivity index (χ1) is 15.2. The molecule has 0 fully saturated rings. The normalized spacial score (nSPS) is 12.0. The van der Waals surface area contributed by atoms with Gasteiger partial charge in [-0.05, 0) is 57.9 Å². The van der Waals surface area contributed by atoms with Crippen molar-refractivity contribution in [3.63, 3.8) is 0 Å². The lowest BCUT2D eigenvalue weighted by molar-refractivity contribution is -0.137. The van der Waals surface area contributed by atoms with Gasteiger partial charge >= 0.3 is 12.2 Å². The highest BCUT2D eigenvalue weighted by Crippen LogP contribution is 2.29. The quantitative estimate of drug-likeness (QED) is 0.393. The van der Waals surface area contributed by atoms with Crippen molar-refractivity contribution in [2.24, 2.45) is 0 Å². The monoisotopic (exact) mass is 505 g/mol. The fourth-order valence-electron chi connectivity index (χ4n) is 2.91. The molecule has 0 saturated heterocycles. The summed E-state index contributed by atoms with van der Waals surface area (Å²) in [4.78, 5) is 25.4. The van der Waals surface area contributed by atoms with E-state index < -0.39 is 29.7 Å². The van der Waals surface area contributed by atoms with Crippen LogP contribution in [0.25, 0.3) is 0 Å². The molecule has 0 saturated carbocycles. The molecule has 3 rings (SSSR count). The van der Waals surface area contributed by atoms with E-state index in [0.717, 1.165) is 17.7 Å². The Labute approximate surface area is 191 Å². The van der Waals surface area contributed by atoms with Crippen molar-refractivity contribution >= 4 is 39.2 Å². The Balaban J connectivity index is 1.73. The van der Waals surface area contributed by atoms with Gasteiger partial charge in [-0.2, -0.15) is 13.2 Å². The van der Waals surface area contributed by atoms with E-state index in [1.54, 1.807) is 36.4 Å². The number of benzene rings is 3. The van der Waals surface area contributed by atoms with Gasteiger partial charge in [0.05, 0.1) is 11.3 Å². The molecular formula is C23H19BrF3N3O2. The van der Waals surface area contributed by atoms with Crippen molar-refractivity contribution in [3.05, 3.63) is 94.5 Å². The number of carbonyl (C=O) groups excluding carboxylic acids is 2. The number of amides is 3. The van der Waals surface area contributed by atoms with Crippen LogP contribution in [0.5, 0.6) is 0 Å². The van der Waals surface area contributed by atoms with Gasteiger partial charge in [0.2, 0.25) is 5.91 Å². The number of para-hydroxylation sites is 1. The molecule has 0 aromatic heterocycles. The number of hydrogen-bond donors (Lipinski definition) is 3. The van der Waals surface area contributed by atoms with E-state index in [2.05, 4.69) is 31.9 Å². The minimum atomic E-state index is -4.47. The highest BCUT2D eigenvalue weighted by atomic mass is 79.9. The topological polar surface area (TPSA) is 70.2 Å². The first-order valence-electron chi connectivity index (χ1n) is 9.56. The van der Waals surface area contributed by atoms with E-state index in [-0.39, 0.29) is 12.1 Å². The van der Waals surface area contributed by atoms with Crippen LogP contribution in [0.15, 0.2) is 83.3 Å². The van der Waals surface area contributed by atoms with Gasteiger partial charge in [0.15, 0.2) is 0 Å². The summed E-state index contributed by atoms with van der Waals surface area (Å²) in [5.74, 6) is -0.559. The lowest BCUT2D eigenvalue weighted by Gasteiger charge is -2.19. The third kappa shape index (κ3) is 6.58. The summed E-state index contributed by atoms with van der Waals surface area (Å²) >= 11 is 3.34. The number of rotatable bonds is 6. The first kappa shape index (κ1) is 23.3. The average molecular weight is 506 g/mol. The predicted molar refractivity (Wildman–Crippen MR) is 120 cm³/mol. The van der Waals surface area contributed by atoms with E-state index in [4.69, 9.17) is 0 Å². The molecule has 0 radical (unpaired) electrons. The second-order valence-corrected chi connectivity index (χ2v) is 7.74. The van der Waals surface area contributed by atoms with E-state index in [1.807, 2.05) is 18.2 Å². The van der Waals surface area contributed by atoms with Gasteiger partial charge in [0.1, 0.15) is 6.04 Å². The molecular weight excluding hydrogens is 487 g/mol. The molecule has 0 heterocycles. The molecule has 3 aromatic rings. The number of carbonyl (C=O) groups is 2. The number of anilines is 2. The third-order valence-corrected chi connectivity index (χ3v) is 5.20. The van der Waals surface area contributed by atoms with Crippen LogP contribution >= 0.6 is 15.9 Å². The van der Waals surface area contributed by atoms with Gasteiger partial charge in [0.25, 0.3) is 0 Å². The molecule has 9 heteroatoms. The highest BCUT2D eigenvalue weighted by molar-refractivity contribution is 9.10. The lowest BCUT2D eigenvalue weighted by Crippen LogP contribution is -2.47. The lowest BCUT2D eigenvalue weighted by atomic mass is 10.1. The van der Waals surface area contributed by atoms with Crippen molar-refractivity contribution in [2.75, 3.05) is 10.6 Å². The smallest absolute Gasteiger partial charge is 0.326 e. The molecule has 0 aliphatic rings. The fourth-order valence-corrected chi connectivity index (χ4v) is 3.29. The van der Waals surface area contributed by atoms with Crippen LogP contribution in [0.3, 0.4) is 0 Å². The average Bonchev–Trinajstić information content (AvgIpc) is 2.75. The van der Waals surface area contributed by atoms with Gasteiger partial charge in [-0.25, -0.2) is 4.79 Å². The van der Waals surface area contributed by atoms with Gasteiger partial charge in [0, 0.05) is 16.6 Å². The molecule has 3 N–H and O–H groups in total. The van der Waals surface area contributed by atoms with E-state index in [0.29, 0.717) is 10.2 Å². The summed E-state index contributed by atoms with van der Waals surface area (Å²) in [6.45, 7) is 0. The summed E-state index contributed by atoms with van der Waals surface area (Å²) in [7, 11) is 0. The summed E-state index contributed by atoms with van der Waals surface area (Å²) in [5, 5.41) is 7.86. The van der Waals surface area contributed by atoms with Crippen molar-refractivity contribution in [1.82, 2.24) is 5.32 Å². The van der Waals surface area contributed by atoms with Crippen LogP contribution in [0.1, 0.15) is 11.1 Å². The molecule has 0 spiro atoms. The highest BCUT2D eigenvalue weighted by Gasteiger charge is 2.30. The molecule has 3 amide bonds. The molecule has 32 heavy (non-hydrogen) atoms.